The monoisotopic (exact) mass is 346 g/mol. The molecule has 0 bridgehead atoms. The van der Waals surface area contributed by atoms with E-state index in [2.05, 4.69) is 10.6 Å². The van der Waals surface area contributed by atoms with E-state index < -0.39 is 11.7 Å². The van der Waals surface area contributed by atoms with Gasteiger partial charge in [0.15, 0.2) is 0 Å². The van der Waals surface area contributed by atoms with Crippen molar-refractivity contribution in [2.24, 2.45) is 0 Å². The van der Waals surface area contributed by atoms with Crippen molar-refractivity contribution < 1.29 is 14.0 Å². The normalized spacial score (nSPS) is 13.8. The number of benzene rings is 1. The highest BCUT2D eigenvalue weighted by Crippen LogP contribution is 2.37. The van der Waals surface area contributed by atoms with E-state index in [9.17, 15) is 14.0 Å². The first-order valence-electron chi connectivity index (χ1n) is 8.03. The number of amides is 2. The van der Waals surface area contributed by atoms with E-state index >= 15 is 0 Å². The van der Waals surface area contributed by atoms with Crippen molar-refractivity contribution in [3.8, 4) is 0 Å². The van der Waals surface area contributed by atoms with Crippen molar-refractivity contribution in [2.45, 2.75) is 32.1 Å². The summed E-state index contributed by atoms with van der Waals surface area (Å²) < 4.78 is 13.3. The third-order valence-electron chi connectivity index (χ3n) is 4.19. The van der Waals surface area contributed by atoms with Crippen LogP contribution >= 0.6 is 11.3 Å². The van der Waals surface area contributed by atoms with Crippen LogP contribution in [-0.2, 0) is 12.8 Å². The Labute approximate surface area is 144 Å². The summed E-state index contributed by atoms with van der Waals surface area (Å²) in [4.78, 5) is 25.9. The number of hydrogen-bond acceptors (Lipinski definition) is 3. The molecule has 2 aromatic rings. The molecule has 0 unspecified atom stereocenters. The molecule has 6 heteroatoms. The van der Waals surface area contributed by atoms with Crippen LogP contribution in [0.4, 0.5) is 9.39 Å². The van der Waals surface area contributed by atoms with Crippen molar-refractivity contribution in [3.05, 3.63) is 51.7 Å². The fourth-order valence-corrected chi connectivity index (χ4v) is 4.28. The highest BCUT2D eigenvalue weighted by atomic mass is 32.1. The molecule has 3 rings (SSSR count). The Hall–Kier alpha value is -2.21. The minimum atomic E-state index is -0.462. The molecule has 2 N–H and O–H groups in total. The number of anilines is 1. The van der Waals surface area contributed by atoms with E-state index in [1.807, 2.05) is 0 Å². The number of rotatable bonds is 3. The molecule has 0 saturated carbocycles. The Morgan fingerprint density at radius 3 is 2.67 bits per heavy atom. The fraction of sp³-hybridized carbons (Fsp3) is 0.333. The first-order chi connectivity index (χ1) is 11.6. The largest absolute Gasteiger partial charge is 0.355 e. The molecule has 24 heavy (non-hydrogen) atoms. The molecular weight excluding hydrogens is 327 g/mol. The van der Waals surface area contributed by atoms with E-state index in [0.29, 0.717) is 10.6 Å². The third-order valence-corrected chi connectivity index (χ3v) is 5.40. The summed E-state index contributed by atoms with van der Waals surface area (Å²) in [5.41, 5.74) is 1.84. The molecule has 0 saturated heterocycles. The Kier molecular flexibility index (Phi) is 4.94. The van der Waals surface area contributed by atoms with E-state index in [1.54, 1.807) is 13.1 Å². The van der Waals surface area contributed by atoms with E-state index in [-0.39, 0.29) is 11.5 Å². The lowest BCUT2D eigenvalue weighted by Crippen LogP contribution is -2.21. The van der Waals surface area contributed by atoms with Crippen molar-refractivity contribution in [3.63, 3.8) is 0 Å². The molecule has 0 fully saturated rings. The van der Waals surface area contributed by atoms with Crippen LogP contribution in [0, 0.1) is 5.82 Å². The summed E-state index contributed by atoms with van der Waals surface area (Å²) in [6.07, 6.45) is 5.08. The lowest BCUT2D eigenvalue weighted by atomic mass is 10.0. The van der Waals surface area contributed by atoms with Crippen LogP contribution in [0.15, 0.2) is 24.3 Å². The maximum absolute atomic E-state index is 13.3. The summed E-state index contributed by atoms with van der Waals surface area (Å²) >= 11 is 1.46. The molecule has 1 aromatic carbocycles. The second-order valence-electron chi connectivity index (χ2n) is 5.81. The lowest BCUT2D eigenvalue weighted by Gasteiger charge is -2.08. The number of hydrogen-bond donors (Lipinski definition) is 2. The average molecular weight is 346 g/mol. The number of halogens is 1. The number of carbonyl (C=O) groups excluding carboxylic acids is 2. The summed E-state index contributed by atoms with van der Waals surface area (Å²) in [5, 5.41) is 6.01. The molecule has 0 aliphatic heterocycles. The summed E-state index contributed by atoms with van der Waals surface area (Å²) in [7, 11) is 1.58. The van der Waals surface area contributed by atoms with Gasteiger partial charge in [0.2, 0.25) is 0 Å². The molecule has 2 amide bonds. The van der Waals surface area contributed by atoms with Crippen LogP contribution in [-0.4, -0.2) is 18.9 Å². The van der Waals surface area contributed by atoms with Gasteiger partial charge in [-0.3, -0.25) is 9.59 Å². The summed E-state index contributed by atoms with van der Waals surface area (Å²) in [5.74, 6) is -1.06. The fourth-order valence-electron chi connectivity index (χ4n) is 3.00. The lowest BCUT2D eigenvalue weighted by molar-refractivity contribution is 0.0963. The molecule has 126 valence electrons. The van der Waals surface area contributed by atoms with Crippen LogP contribution < -0.4 is 10.6 Å². The smallest absolute Gasteiger partial charge is 0.256 e. The van der Waals surface area contributed by atoms with Gasteiger partial charge in [0, 0.05) is 17.5 Å². The van der Waals surface area contributed by atoms with Crippen molar-refractivity contribution in [2.75, 3.05) is 12.4 Å². The van der Waals surface area contributed by atoms with Crippen molar-refractivity contribution in [1.29, 1.82) is 0 Å². The van der Waals surface area contributed by atoms with Gasteiger partial charge < -0.3 is 10.6 Å². The molecule has 4 nitrogen and oxygen atoms in total. The second-order valence-corrected chi connectivity index (χ2v) is 6.92. The Bertz CT molecular complexity index is 785. The van der Waals surface area contributed by atoms with Gasteiger partial charge in [-0.2, -0.15) is 0 Å². The van der Waals surface area contributed by atoms with Crippen LogP contribution in [0.2, 0.25) is 0 Å². The first-order valence-corrected chi connectivity index (χ1v) is 8.85. The number of carbonyl (C=O) groups is 2. The zero-order valence-corrected chi connectivity index (χ0v) is 14.3. The van der Waals surface area contributed by atoms with Crippen LogP contribution in [0.3, 0.4) is 0 Å². The number of thiophene rings is 1. The molecule has 0 atom stereocenters. The minimum Gasteiger partial charge on any atom is -0.355 e. The molecule has 0 radical (unpaired) electrons. The highest BCUT2D eigenvalue weighted by molar-refractivity contribution is 7.17. The van der Waals surface area contributed by atoms with Crippen LogP contribution in [0.25, 0.3) is 0 Å². The van der Waals surface area contributed by atoms with Gasteiger partial charge in [0.1, 0.15) is 10.8 Å². The minimum absolute atomic E-state index is 0.191. The quantitative estimate of drug-likeness (QED) is 0.831. The zero-order valence-electron chi connectivity index (χ0n) is 13.4. The van der Waals surface area contributed by atoms with Gasteiger partial charge in [-0.1, -0.05) is 12.5 Å². The maximum Gasteiger partial charge on any atom is 0.256 e. The molecule has 1 heterocycles. The topological polar surface area (TPSA) is 58.2 Å². The number of fused-ring (bicyclic) bond motifs is 1. The summed E-state index contributed by atoms with van der Waals surface area (Å²) in [6.45, 7) is 0. The van der Waals surface area contributed by atoms with E-state index in [1.165, 1.54) is 34.4 Å². The van der Waals surface area contributed by atoms with E-state index in [4.69, 9.17) is 0 Å². The van der Waals surface area contributed by atoms with Crippen molar-refractivity contribution >= 4 is 28.2 Å². The first kappa shape index (κ1) is 16.6. The van der Waals surface area contributed by atoms with Crippen LogP contribution in [0.5, 0.6) is 0 Å². The van der Waals surface area contributed by atoms with E-state index in [0.717, 1.165) is 37.7 Å². The summed E-state index contributed by atoms with van der Waals surface area (Å²) in [6, 6.07) is 5.53. The van der Waals surface area contributed by atoms with Crippen LogP contribution in [0.1, 0.15) is 50.4 Å². The third kappa shape index (κ3) is 3.33. The Morgan fingerprint density at radius 2 is 1.92 bits per heavy atom. The average Bonchev–Trinajstić information content (AvgIpc) is 2.75. The molecule has 0 spiro atoms. The molecular formula is C18H19FN2O2S. The SMILES string of the molecule is CNC(=O)c1c(NC(=O)c2cccc(F)c2)sc2c1CCCCC2. The van der Waals surface area contributed by atoms with Gasteiger partial charge in [-0.25, -0.2) is 4.39 Å². The van der Waals surface area contributed by atoms with Gasteiger partial charge in [-0.15, -0.1) is 11.3 Å². The van der Waals surface area contributed by atoms with Gasteiger partial charge >= 0.3 is 0 Å². The molecule has 1 aliphatic carbocycles. The molecule has 1 aliphatic rings. The number of nitrogens with one attached hydrogen (secondary N) is 2. The highest BCUT2D eigenvalue weighted by Gasteiger charge is 2.25. The Morgan fingerprint density at radius 1 is 1.12 bits per heavy atom. The molecule has 1 aromatic heterocycles. The van der Waals surface area contributed by atoms with Crippen molar-refractivity contribution in [1.82, 2.24) is 5.32 Å². The Balaban J connectivity index is 1.95. The number of aryl methyl sites for hydroxylation is 1. The van der Waals surface area contributed by atoms with Gasteiger partial charge in [-0.05, 0) is 49.4 Å². The zero-order chi connectivity index (χ0) is 17.1. The maximum atomic E-state index is 13.3. The van der Waals surface area contributed by atoms with Gasteiger partial charge in [0.25, 0.3) is 11.8 Å². The van der Waals surface area contributed by atoms with Gasteiger partial charge in [0.05, 0.1) is 5.56 Å². The second kappa shape index (κ2) is 7.13. The predicted octanol–water partition coefficient (Wildman–Crippen LogP) is 3.77. The standard InChI is InChI=1S/C18H19FN2O2S/c1-20-17(23)15-13-8-3-2-4-9-14(13)24-18(15)21-16(22)11-6-5-7-12(19)10-11/h5-7,10H,2-4,8-9H2,1H3,(H,20,23)(H,21,22). The predicted molar refractivity (Wildman–Crippen MR) is 93.3 cm³/mol.